The summed E-state index contributed by atoms with van der Waals surface area (Å²) in [4.78, 5) is 0. The first-order valence-corrected chi connectivity index (χ1v) is 11.0. The molecule has 4 heteroatoms. The zero-order valence-electron chi connectivity index (χ0n) is 20.0. The molecule has 0 bridgehead atoms. The Hall–Kier alpha value is -2.16. The largest absolute Gasteiger partial charge is 0.312 e. The number of hydrogen-bond acceptors (Lipinski definition) is 4. The first-order chi connectivity index (χ1) is 14.2. The van der Waals surface area contributed by atoms with E-state index in [1.54, 1.807) is 0 Å². The lowest BCUT2D eigenvalue weighted by atomic mass is 9.88. The van der Waals surface area contributed by atoms with Gasteiger partial charge in [0, 0.05) is 11.1 Å². The van der Waals surface area contributed by atoms with Crippen molar-refractivity contribution >= 4 is 0 Å². The van der Waals surface area contributed by atoms with Crippen LogP contribution < -0.4 is 0 Å². The van der Waals surface area contributed by atoms with Gasteiger partial charge >= 0.3 is 0 Å². The molecule has 1 aromatic rings. The van der Waals surface area contributed by atoms with Crippen molar-refractivity contribution in [2.75, 3.05) is 0 Å². The number of benzene rings is 1. The van der Waals surface area contributed by atoms with Crippen molar-refractivity contribution in [3.05, 3.63) is 69.8 Å². The lowest BCUT2D eigenvalue weighted by Crippen LogP contribution is -2.46. The molecule has 2 aliphatic heterocycles. The smallest absolute Gasteiger partial charge is 0.0666 e. The molecule has 0 unspecified atom stereocenters. The molecule has 4 rings (SSSR count). The summed E-state index contributed by atoms with van der Waals surface area (Å²) in [6.45, 7) is 16.3. The minimum atomic E-state index is -0.461. The van der Waals surface area contributed by atoms with E-state index in [9.17, 15) is 10.4 Å². The second-order valence-electron chi connectivity index (χ2n) is 11.0. The van der Waals surface area contributed by atoms with Crippen LogP contribution >= 0.6 is 0 Å². The highest BCUT2D eigenvalue weighted by atomic mass is 16.5. The third kappa shape index (κ3) is 3.07. The summed E-state index contributed by atoms with van der Waals surface area (Å²) in [7, 11) is 0. The van der Waals surface area contributed by atoms with Gasteiger partial charge in [-0.25, -0.2) is 0 Å². The van der Waals surface area contributed by atoms with Gasteiger partial charge in [-0.2, -0.15) is 10.1 Å². The predicted molar refractivity (Wildman–Crippen MR) is 124 cm³/mol. The molecule has 1 fully saturated rings. The zero-order valence-corrected chi connectivity index (χ0v) is 20.0. The van der Waals surface area contributed by atoms with Crippen molar-refractivity contribution in [1.29, 1.82) is 0 Å². The monoisotopic (exact) mass is 418 g/mol. The van der Waals surface area contributed by atoms with E-state index in [4.69, 9.17) is 0 Å². The number of nitrogens with zero attached hydrogens (tertiary/aromatic N) is 2. The van der Waals surface area contributed by atoms with Gasteiger partial charge in [0.25, 0.3) is 0 Å². The van der Waals surface area contributed by atoms with Gasteiger partial charge in [0.1, 0.15) is 0 Å². The molecule has 1 aromatic carbocycles. The molecule has 0 saturated carbocycles. The van der Waals surface area contributed by atoms with Gasteiger partial charge < -0.3 is 10.4 Å². The second-order valence-corrected chi connectivity index (χ2v) is 11.0. The number of rotatable bonds is 0. The van der Waals surface area contributed by atoms with Crippen LogP contribution in [0.4, 0.5) is 0 Å². The highest BCUT2D eigenvalue weighted by molar-refractivity contribution is 5.56. The fourth-order valence-electron chi connectivity index (χ4n) is 5.54. The molecule has 1 aliphatic carbocycles. The zero-order chi connectivity index (χ0) is 23.0. The number of hydroxylamine groups is 4. The maximum Gasteiger partial charge on any atom is 0.0666 e. The van der Waals surface area contributed by atoms with Crippen molar-refractivity contribution in [2.45, 2.75) is 84.0 Å². The first kappa shape index (κ1) is 22.0. The molecule has 1 saturated heterocycles. The molecule has 2 N–H and O–H groups in total. The van der Waals surface area contributed by atoms with Crippen molar-refractivity contribution in [1.82, 2.24) is 10.1 Å². The van der Waals surface area contributed by atoms with Crippen molar-refractivity contribution in [3.8, 4) is 11.8 Å². The topological polar surface area (TPSA) is 46.9 Å². The maximum absolute atomic E-state index is 10.7. The summed E-state index contributed by atoms with van der Waals surface area (Å²) in [6.07, 6.45) is 7.14. The third-order valence-corrected chi connectivity index (χ3v) is 7.41. The van der Waals surface area contributed by atoms with Crippen molar-refractivity contribution < 1.29 is 10.4 Å². The molecule has 0 spiro atoms. The van der Waals surface area contributed by atoms with Crippen LogP contribution in [0.5, 0.6) is 0 Å². The SMILES string of the molecule is CC1(C)C2=CC=C(C#Cc3ccc4c(c3)C(C)(C)N(O)C4(C)C)CC=C2C(C)(C)N1O. The van der Waals surface area contributed by atoms with Gasteiger partial charge in [0.15, 0.2) is 0 Å². The average molecular weight is 419 g/mol. The van der Waals surface area contributed by atoms with Gasteiger partial charge in [-0.3, -0.25) is 0 Å². The van der Waals surface area contributed by atoms with E-state index in [2.05, 4.69) is 56.0 Å². The van der Waals surface area contributed by atoms with Crippen LogP contribution in [0.3, 0.4) is 0 Å². The molecular weight excluding hydrogens is 384 g/mol. The van der Waals surface area contributed by atoms with E-state index in [0.29, 0.717) is 0 Å². The summed E-state index contributed by atoms with van der Waals surface area (Å²) >= 11 is 0. The molecule has 0 atom stereocenters. The Bertz CT molecular complexity index is 1100. The Morgan fingerprint density at radius 1 is 0.710 bits per heavy atom. The van der Waals surface area contributed by atoms with E-state index in [-0.39, 0.29) is 0 Å². The summed E-state index contributed by atoms with van der Waals surface area (Å²) in [5.41, 5.74) is 4.80. The van der Waals surface area contributed by atoms with E-state index in [1.165, 1.54) is 10.1 Å². The fourth-order valence-corrected chi connectivity index (χ4v) is 5.54. The number of fused-ring (bicyclic) bond motifs is 2. The van der Waals surface area contributed by atoms with Gasteiger partial charge in [0.05, 0.1) is 22.2 Å². The molecule has 0 aromatic heterocycles. The van der Waals surface area contributed by atoms with Crippen LogP contribution in [0, 0.1) is 11.8 Å². The Morgan fingerprint density at radius 3 is 1.97 bits per heavy atom. The molecule has 31 heavy (non-hydrogen) atoms. The van der Waals surface area contributed by atoms with Crippen molar-refractivity contribution in [2.24, 2.45) is 0 Å². The van der Waals surface area contributed by atoms with Gasteiger partial charge in [0.2, 0.25) is 0 Å². The molecule has 2 heterocycles. The molecule has 4 nitrogen and oxygen atoms in total. The Morgan fingerprint density at radius 2 is 1.29 bits per heavy atom. The van der Waals surface area contributed by atoms with E-state index < -0.39 is 22.2 Å². The van der Waals surface area contributed by atoms with Gasteiger partial charge in [-0.1, -0.05) is 30.1 Å². The standard InChI is InChI=1S/C27H34N2O2/c1-24(2)20-14-11-18(12-15-21(20)25(3,4)28(24)30)9-10-19-13-16-22-23(17-19)27(7,8)29(31)26(22,5)6/h11,13-17,30-31H,12H2,1-8H3. The lowest BCUT2D eigenvalue weighted by Gasteiger charge is -2.34. The summed E-state index contributed by atoms with van der Waals surface area (Å²) < 4.78 is 0. The quantitative estimate of drug-likeness (QED) is 0.534. The summed E-state index contributed by atoms with van der Waals surface area (Å²) in [5, 5.41) is 24.3. The number of hydrogen-bond donors (Lipinski definition) is 2. The van der Waals surface area contributed by atoms with Crippen LogP contribution in [-0.2, 0) is 11.1 Å². The van der Waals surface area contributed by atoms with E-state index >= 15 is 0 Å². The lowest BCUT2D eigenvalue weighted by molar-refractivity contribution is -0.216. The van der Waals surface area contributed by atoms with E-state index in [0.717, 1.165) is 39.8 Å². The fraction of sp³-hybridized carbons (Fsp3) is 0.481. The predicted octanol–water partition coefficient (Wildman–Crippen LogP) is 5.66. The molecule has 3 aliphatic rings. The molecular formula is C27H34N2O2. The second kappa shape index (κ2) is 6.67. The third-order valence-electron chi connectivity index (χ3n) is 7.41. The Kier molecular flexibility index (Phi) is 4.74. The average Bonchev–Trinajstić information content (AvgIpc) is 2.89. The first-order valence-electron chi connectivity index (χ1n) is 11.0. The summed E-state index contributed by atoms with van der Waals surface area (Å²) in [6, 6.07) is 6.24. The number of allylic oxidation sites excluding steroid dienone is 4. The molecule has 0 amide bonds. The minimum Gasteiger partial charge on any atom is -0.312 e. The van der Waals surface area contributed by atoms with Gasteiger partial charge in [-0.15, -0.1) is 0 Å². The van der Waals surface area contributed by atoms with Crippen LogP contribution in [-0.4, -0.2) is 31.6 Å². The molecule has 164 valence electrons. The normalized spacial score (nSPS) is 25.4. The van der Waals surface area contributed by atoms with Crippen LogP contribution in [0.15, 0.2) is 53.1 Å². The van der Waals surface area contributed by atoms with Crippen LogP contribution in [0.25, 0.3) is 0 Å². The Labute approximate surface area is 186 Å². The maximum atomic E-state index is 10.7. The highest BCUT2D eigenvalue weighted by Crippen LogP contribution is 2.49. The van der Waals surface area contributed by atoms with Crippen molar-refractivity contribution in [3.63, 3.8) is 0 Å². The highest BCUT2D eigenvalue weighted by Gasteiger charge is 2.51. The summed E-state index contributed by atoms with van der Waals surface area (Å²) in [5.74, 6) is 6.68. The Balaban J connectivity index is 1.67. The van der Waals surface area contributed by atoms with E-state index in [1.807, 2.05) is 47.6 Å². The minimum absolute atomic E-state index is 0.426. The van der Waals surface area contributed by atoms with Crippen LogP contribution in [0.2, 0.25) is 0 Å². The molecule has 0 radical (unpaired) electrons. The van der Waals surface area contributed by atoms with Gasteiger partial charge in [-0.05, 0) is 102 Å². The van der Waals surface area contributed by atoms with Crippen LogP contribution in [0.1, 0.15) is 78.5 Å².